The molecule has 0 heterocycles. The van der Waals surface area contributed by atoms with E-state index in [1.54, 1.807) is 29.2 Å². The summed E-state index contributed by atoms with van der Waals surface area (Å²) in [6.07, 6.45) is 3.28. The number of carbonyl (C=O) groups excluding carboxylic acids is 2. The Hall–Kier alpha value is -1.20. The fourth-order valence-electron chi connectivity index (χ4n) is 2.84. The van der Waals surface area contributed by atoms with Gasteiger partial charge in [-0.3, -0.25) is 4.79 Å². The lowest BCUT2D eigenvalue weighted by molar-refractivity contribution is 0.0510. The maximum Gasteiger partial charge on any atom is 0.410 e. The van der Waals surface area contributed by atoms with Crippen molar-refractivity contribution >= 4 is 34.6 Å². The van der Waals surface area contributed by atoms with E-state index in [0.717, 1.165) is 25.7 Å². The van der Waals surface area contributed by atoms with E-state index in [-0.39, 0.29) is 22.6 Å². The minimum Gasteiger partial charge on any atom is -0.445 e. The van der Waals surface area contributed by atoms with E-state index in [4.69, 9.17) is 16.3 Å². The minimum absolute atomic E-state index is 0.00439. The highest BCUT2D eigenvalue weighted by atomic mass is 35.5. The number of halogens is 1. The lowest BCUT2D eigenvalue weighted by Gasteiger charge is -2.32. The van der Waals surface area contributed by atoms with Gasteiger partial charge < -0.3 is 9.64 Å². The summed E-state index contributed by atoms with van der Waals surface area (Å²) in [7, 11) is 0. The summed E-state index contributed by atoms with van der Waals surface area (Å²) < 4.78 is 5.70. The third kappa shape index (κ3) is 5.15. The molecular weight excluding hydrogens is 346 g/mol. The molecule has 6 heteroatoms. The molecule has 1 aliphatic rings. The first-order valence-corrected chi connectivity index (χ1v) is 9.73. The monoisotopic (exact) mass is 369 g/mol. The van der Waals surface area contributed by atoms with Crippen molar-refractivity contribution in [2.45, 2.75) is 50.9 Å². The van der Waals surface area contributed by atoms with Crippen LogP contribution in [0.3, 0.4) is 0 Å². The van der Waals surface area contributed by atoms with Crippen molar-refractivity contribution in [2.75, 3.05) is 13.1 Å². The first-order chi connectivity index (χ1) is 11.5. The Kier molecular flexibility index (Phi) is 7.43. The summed E-state index contributed by atoms with van der Waals surface area (Å²) in [5.41, 5.74) is 0.590. The SMILES string of the molecule is CCN(CC)C(=O)OC1CCCCC1SC(=O)c1cccc(Cl)c1. The summed E-state index contributed by atoms with van der Waals surface area (Å²) in [6.45, 7) is 5.11. The van der Waals surface area contributed by atoms with Gasteiger partial charge in [0.2, 0.25) is 5.12 Å². The highest BCUT2D eigenvalue weighted by Gasteiger charge is 2.32. The van der Waals surface area contributed by atoms with Gasteiger partial charge in [0.15, 0.2) is 0 Å². The van der Waals surface area contributed by atoms with Crippen molar-refractivity contribution in [1.82, 2.24) is 4.90 Å². The van der Waals surface area contributed by atoms with E-state index >= 15 is 0 Å². The van der Waals surface area contributed by atoms with Crippen LogP contribution in [0.5, 0.6) is 0 Å². The van der Waals surface area contributed by atoms with Gasteiger partial charge in [-0.1, -0.05) is 41.9 Å². The zero-order valence-electron chi connectivity index (χ0n) is 14.2. The van der Waals surface area contributed by atoms with Crippen LogP contribution in [0.4, 0.5) is 4.79 Å². The zero-order chi connectivity index (χ0) is 17.5. The van der Waals surface area contributed by atoms with Gasteiger partial charge >= 0.3 is 6.09 Å². The molecule has 0 aliphatic heterocycles. The molecule has 24 heavy (non-hydrogen) atoms. The Morgan fingerprint density at radius 1 is 1.25 bits per heavy atom. The Morgan fingerprint density at radius 3 is 2.62 bits per heavy atom. The average Bonchev–Trinajstić information content (AvgIpc) is 2.57. The quantitative estimate of drug-likeness (QED) is 0.732. The molecule has 0 N–H and O–H groups in total. The molecule has 2 rings (SSSR count). The molecule has 1 fully saturated rings. The molecule has 4 nitrogen and oxygen atoms in total. The van der Waals surface area contributed by atoms with E-state index in [1.807, 2.05) is 13.8 Å². The predicted molar refractivity (Wildman–Crippen MR) is 98.8 cm³/mol. The summed E-state index contributed by atoms with van der Waals surface area (Å²) in [5.74, 6) is 0. The molecule has 2 atom stereocenters. The van der Waals surface area contributed by atoms with E-state index in [0.29, 0.717) is 23.7 Å². The number of hydrogen-bond donors (Lipinski definition) is 0. The van der Waals surface area contributed by atoms with Crippen LogP contribution in [0.2, 0.25) is 5.02 Å². The Balaban J connectivity index is 2.01. The van der Waals surface area contributed by atoms with E-state index < -0.39 is 0 Å². The van der Waals surface area contributed by atoms with Gasteiger partial charge in [0.1, 0.15) is 6.10 Å². The van der Waals surface area contributed by atoms with Gasteiger partial charge in [-0.25, -0.2) is 4.79 Å². The van der Waals surface area contributed by atoms with Crippen LogP contribution in [0, 0.1) is 0 Å². The standard InChI is InChI=1S/C18H24ClNO3S/c1-3-20(4-2)18(22)23-15-10-5-6-11-16(15)24-17(21)13-8-7-9-14(19)12-13/h7-9,12,15-16H,3-6,10-11H2,1-2H3. The second kappa shape index (κ2) is 9.33. The Labute approximate surface area is 152 Å². The molecule has 1 amide bonds. The second-order valence-corrected chi connectivity index (χ2v) is 7.48. The summed E-state index contributed by atoms with van der Waals surface area (Å²) in [5, 5.41) is 0.535. The minimum atomic E-state index is -0.285. The Morgan fingerprint density at radius 2 is 1.96 bits per heavy atom. The molecule has 1 aliphatic carbocycles. The molecule has 1 aromatic rings. The summed E-state index contributed by atoms with van der Waals surface area (Å²) >= 11 is 7.23. The van der Waals surface area contributed by atoms with Crippen molar-refractivity contribution < 1.29 is 14.3 Å². The molecule has 2 unspecified atom stereocenters. The van der Waals surface area contributed by atoms with Crippen molar-refractivity contribution in [3.8, 4) is 0 Å². The Bertz CT molecular complexity index is 577. The zero-order valence-corrected chi connectivity index (χ0v) is 15.7. The number of thioether (sulfide) groups is 1. The van der Waals surface area contributed by atoms with Crippen molar-refractivity contribution in [3.63, 3.8) is 0 Å². The third-order valence-corrected chi connectivity index (χ3v) is 5.76. The lowest BCUT2D eigenvalue weighted by Crippen LogP contribution is -2.39. The van der Waals surface area contributed by atoms with Crippen LogP contribution in [-0.2, 0) is 4.74 Å². The second-order valence-electron chi connectivity index (χ2n) is 5.83. The molecule has 1 aromatic carbocycles. The van der Waals surface area contributed by atoms with E-state index in [2.05, 4.69) is 0 Å². The van der Waals surface area contributed by atoms with Crippen LogP contribution >= 0.6 is 23.4 Å². The third-order valence-electron chi connectivity index (χ3n) is 4.23. The number of carbonyl (C=O) groups is 2. The number of hydrogen-bond acceptors (Lipinski definition) is 4. The number of nitrogens with zero attached hydrogens (tertiary/aromatic N) is 1. The van der Waals surface area contributed by atoms with Crippen LogP contribution in [0.1, 0.15) is 49.9 Å². The smallest absolute Gasteiger partial charge is 0.410 e. The average molecular weight is 370 g/mol. The normalized spacial score (nSPS) is 20.5. The van der Waals surface area contributed by atoms with Crippen molar-refractivity contribution in [1.29, 1.82) is 0 Å². The maximum atomic E-state index is 12.5. The number of ether oxygens (including phenoxy) is 1. The van der Waals surface area contributed by atoms with Gasteiger partial charge in [-0.15, -0.1) is 0 Å². The molecule has 0 saturated heterocycles. The number of rotatable bonds is 5. The first-order valence-electron chi connectivity index (χ1n) is 8.47. The van der Waals surface area contributed by atoms with Gasteiger partial charge in [0, 0.05) is 28.9 Å². The van der Waals surface area contributed by atoms with Gasteiger partial charge in [0.25, 0.3) is 0 Å². The molecule has 0 bridgehead atoms. The first kappa shape index (κ1) is 19.1. The summed E-state index contributed by atoms with van der Waals surface area (Å²) in [6, 6.07) is 6.96. The van der Waals surface area contributed by atoms with Crippen LogP contribution < -0.4 is 0 Å². The van der Waals surface area contributed by atoms with Gasteiger partial charge in [-0.2, -0.15) is 0 Å². The fraction of sp³-hybridized carbons (Fsp3) is 0.556. The van der Waals surface area contributed by atoms with Gasteiger partial charge in [0.05, 0.1) is 0 Å². The number of benzene rings is 1. The predicted octanol–water partition coefficient (Wildman–Crippen LogP) is 5.00. The van der Waals surface area contributed by atoms with E-state index in [1.165, 1.54) is 11.8 Å². The molecule has 0 spiro atoms. The van der Waals surface area contributed by atoms with Crippen LogP contribution in [-0.4, -0.2) is 40.6 Å². The molecule has 0 radical (unpaired) electrons. The molecular formula is C18H24ClNO3S. The number of amides is 1. The van der Waals surface area contributed by atoms with Crippen LogP contribution in [0.15, 0.2) is 24.3 Å². The molecule has 1 saturated carbocycles. The highest BCUT2D eigenvalue weighted by Crippen LogP contribution is 2.33. The van der Waals surface area contributed by atoms with Gasteiger partial charge in [-0.05, 0) is 45.2 Å². The topological polar surface area (TPSA) is 46.6 Å². The highest BCUT2D eigenvalue weighted by molar-refractivity contribution is 8.14. The largest absolute Gasteiger partial charge is 0.445 e. The lowest BCUT2D eigenvalue weighted by atomic mass is 9.97. The van der Waals surface area contributed by atoms with Crippen molar-refractivity contribution in [3.05, 3.63) is 34.9 Å². The summed E-state index contributed by atoms with van der Waals surface area (Å²) in [4.78, 5) is 26.4. The molecule has 0 aromatic heterocycles. The van der Waals surface area contributed by atoms with Crippen LogP contribution in [0.25, 0.3) is 0 Å². The molecule has 132 valence electrons. The maximum absolute atomic E-state index is 12.5. The van der Waals surface area contributed by atoms with Crippen molar-refractivity contribution in [2.24, 2.45) is 0 Å². The van der Waals surface area contributed by atoms with E-state index in [9.17, 15) is 9.59 Å². The fourth-order valence-corrected chi connectivity index (χ4v) is 4.20.